The third-order valence-electron chi connectivity index (χ3n) is 4.39. The summed E-state index contributed by atoms with van der Waals surface area (Å²) in [7, 11) is -0.755. The number of nitrogens with one attached hydrogen (secondary N) is 3. The van der Waals surface area contributed by atoms with Gasteiger partial charge in [0, 0.05) is 34.4 Å². The predicted molar refractivity (Wildman–Crippen MR) is 104 cm³/mol. The molecular formula is C18H30N4O3S. The zero-order valence-corrected chi connectivity index (χ0v) is 16.4. The summed E-state index contributed by atoms with van der Waals surface area (Å²) in [6.07, 6.45) is 5.59. The molecule has 0 aromatic carbocycles. The van der Waals surface area contributed by atoms with E-state index in [1.807, 2.05) is 19.9 Å². The van der Waals surface area contributed by atoms with Crippen molar-refractivity contribution in [2.24, 2.45) is 4.99 Å². The summed E-state index contributed by atoms with van der Waals surface area (Å²) in [6.45, 7) is 5.09. The van der Waals surface area contributed by atoms with E-state index >= 15 is 0 Å². The molecule has 26 heavy (non-hydrogen) atoms. The normalized spacial score (nSPS) is 21.8. The van der Waals surface area contributed by atoms with Gasteiger partial charge in [-0.3, -0.25) is 9.00 Å². The van der Waals surface area contributed by atoms with Crippen molar-refractivity contribution in [3.8, 4) is 0 Å². The summed E-state index contributed by atoms with van der Waals surface area (Å²) in [4.78, 5) is 16.3. The SMILES string of the molecule is CCNC(=NCC(=O)NCc1ccco1)NC1CCCC(S(=O)CC)C1. The molecule has 0 radical (unpaired) electrons. The van der Waals surface area contributed by atoms with Gasteiger partial charge in [0.15, 0.2) is 5.96 Å². The van der Waals surface area contributed by atoms with E-state index in [4.69, 9.17) is 4.42 Å². The summed E-state index contributed by atoms with van der Waals surface area (Å²) >= 11 is 0. The second-order valence-electron chi connectivity index (χ2n) is 6.35. The Kier molecular flexibility index (Phi) is 8.67. The Morgan fingerprint density at radius 1 is 1.35 bits per heavy atom. The molecule has 146 valence electrons. The van der Waals surface area contributed by atoms with Crippen LogP contribution in [-0.2, 0) is 22.1 Å². The van der Waals surface area contributed by atoms with E-state index in [2.05, 4.69) is 20.9 Å². The Balaban J connectivity index is 1.83. The molecule has 0 saturated heterocycles. The molecule has 0 bridgehead atoms. The molecule has 8 heteroatoms. The van der Waals surface area contributed by atoms with Crippen LogP contribution in [0.3, 0.4) is 0 Å². The van der Waals surface area contributed by atoms with Gasteiger partial charge >= 0.3 is 0 Å². The molecule has 3 atom stereocenters. The standard InChI is InChI=1S/C18H30N4O3S/c1-3-19-18(21-13-17(23)20-12-15-8-6-10-25-15)22-14-7-5-9-16(11-14)26(24)4-2/h6,8,10,14,16H,3-5,7,9,11-13H2,1-2H3,(H,20,23)(H2,19,21,22). The average Bonchev–Trinajstić information content (AvgIpc) is 3.18. The zero-order valence-electron chi connectivity index (χ0n) is 15.6. The molecule has 3 N–H and O–H groups in total. The van der Waals surface area contributed by atoms with Gasteiger partial charge < -0.3 is 20.4 Å². The van der Waals surface area contributed by atoms with Crippen LogP contribution < -0.4 is 16.0 Å². The third-order valence-corrected chi connectivity index (χ3v) is 6.13. The van der Waals surface area contributed by atoms with Gasteiger partial charge in [-0.05, 0) is 38.3 Å². The molecule has 1 aromatic rings. The van der Waals surface area contributed by atoms with Gasteiger partial charge in [-0.2, -0.15) is 0 Å². The van der Waals surface area contributed by atoms with Gasteiger partial charge in [0.2, 0.25) is 5.91 Å². The van der Waals surface area contributed by atoms with Crippen LogP contribution in [0.5, 0.6) is 0 Å². The number of furan rings is 1. The Labute approximate surface area is 157 Å². The molecule has 1 saturated carbocycles. The molecule has 1 aromatic heterocycles. The molecule has 0 aliphatic heterocycles. The van der Waals surface area contributed by atoms with Crippen LogP contribution in [-0.4, -0.2) is 46.2 Å². The molecular weight excluding hydrogens is 352 g/mol. The summed E-state index contributed by atoms with van der Waals surface area (Å²) in [5, 5.41) is 9.61. The maximum Gasteiger partial charge on any atom is 0.242 e. The van der Waals surface area contributed by atoms with Gasteiger partial charge in [0.1, 0.15) is 12.3 Å². The Morgan fingerprint density at radius 3 is 2.88 bits per heavy atom. The van der Waals surface area contributed by atoms with Crippen LogP contribution in [0.15, 0.2) is 27.8 Å². The number of carbonyl (C=O) groups is 1. The number of guanidine groups is 1. The second-order valence-corrected chi connectivity index (χ2v) is 8.36. The lowest BCUT2D eigenvalue weighted by molar-refractivity contribution is -0.119. The monoisotopic (exact) mass is 382 g/mol. The lowest BCUT2D eigenvalue weighted by Crippen LogP contribution is -2.47. The van der Waals surface area contributed by atoms with Crippen LogP contribution in [0.4, 0.5) is 0 Å². The van der Waals surface area contributed by atoms with Gasteiger partial charge in [0.25, 0.3) is 0 Å². The first-order valence-electron chi connectivity index (χ1n) is 9.33. The van der Waals surface area contributed by atoms with Crippen molar-refractivity contribution in [1.82, 2.24) is 16.0 Å². The minimum absolute atomic E-state index is 0.0487. The molecule has 0 spiro atoms. The summed E-state index contributed by atoms with van der Waals surface area (Å²) in [6, 6.07) is 3.85. The fourth-order valence-corrected chi connectivity index (χ4v) is 4.42. The lowest BCUT2D eigenvalue weighted by atomic mass is 9.95. The number of hydrogen-bond donors (Lipinski definition) is 3. The van der Waals surface area contributed by atoms with Crippen LogP contribution in [0.1, 0.15) is 45.3 Å². The number of aliphatic imine (C=N–C) groups is 1. The highest BCUT2D eigenvalue weighted by Gasteiger charge is 2.26. The highest BCUT2D eigenvalue weighted by Crippen LogP contribution is 2.22. The molecule has 7 nitrogen and oxygen atoms in total. The first-order chi connectivity index (χ1) is 12.6. The largest absolute Gasteiger partial charge is 0.467 e. The van der Waals surface area contributed by atoms with E-state index in [1.165, 1.54) is 0 Å². The number of amides is 1. The molecule has 3 unspecified atom stereocenters. The van der Waals surface area contributed by atoms with Crippen LogP contribution in [0.25, 0.3) is 0 Å². The quantitative estimate of drug-likeness (QED) is 0.468. The van der Waals surface area contributed by atoms with E-state index in [1.54, 1.807) is 12.3 Å². The Morgan fingerprint density at radius 2 is 2.19 bits per heavy atom. The molecule has 1 amide bonds. The minimum Gasteiger partial charge on any atom is -0.467 e. The van der Waals surface area contributed by atoms with E-state index in [9.17, 15) is 9.00 Å². The lowest BCUT2D eigenvalue weighted by Gasteiger charge is -2.30. The van der Waals surface area contributed by atoms with Crippen molar-refractivity contribution in [3.05, 3.63) is 24.2 Å². The fourth-order valence-electron chi connectivity index (χ4n) is 3.07. The van der Waals surface area contributed by atoms with E-state index in [0.717, 1.165) is 32.2 Å². The molecule has 1 aliphatic rings. The van der Waals surface area contributed by atoms with Crippen LogP contribution in [0, 0.1) is 0 Å². The molecule has 1 heterocycles. The van der Waals surface area contributed by atoms with Crippen LogP contribution in [0.2, 0.25) is 0 Å². The van der Waals surface area contributed by atoms with Gasteiger partial charge in [0.05, 0.1) is 12.8 Å². The van der Waals surface area contributed by atoms with Crippen molar-refractivity contribution < 1.29 is 13.4 Å². The summed E-state index contributed by atoms with van der Waals surface area (Å²) < 4.78 is 17.3. The van der Waals surface area contributed by atoms with E-state index in [0.29, 0.717) is 24.0 Å². The fraction of sp³-hybridized carbons (Fsp3) is 0.667. The maximum absolute atomic E-state index is 12.1. The minimum atomic E-state index is -0.755. The maximum atomic E-state index is 12.1. The number of carbonyl (C=O) groups excluding carboxylic acids is 1. The van der Waals surface area contributed by atoms with Gasteiger partial charge in [-0.15, -0.1) is 0 Å². The predicted octanol–water partition coefficient (Wildman–Crippen LogP) is 1.53. The van der Waals surface area contributed by atoms with Crippen molar-refractivity contribution in [1.29, 1.82) is 0 Å². The molecule has 1 aliphatic carbocycles. The van der Waals surface area contributed by atoms with Gasteiger partial charge in [-0.25, -0.2) is 4.99 Å². The topological polar surface area (TPSA) is 95.7 Å². The van der Waals surface area contributed by atoms with E-state index in [-0.39, 0.29) is 23.7 Å². The van der Waals surface area contributed by atoms with Crippen LogP contribution >= 0.6 is 0 Å². The smallest absolute Gasteiger partial charge is 0.242 e. The average molecular weight is 383 g/mol. The highest BCUT2D eigenvalue weighted by atomic mass is 32.2. The van der Waals surface area contributed by atoms with Crippen molar-refractivity contribution in [3.63, 3.8) is 0 Å². The third kappa shape index (κ3) is 6.82. The van der Waals surface area contributed by atoms with Gasteiger partial charge in [-0.1, -0.05) is 13.3 Å². The number of nitrogens with zero attached hydrogens (tertiary/aromatic N) is 1. The van der Waals surface area contributed by atoms with Crippen molar-refractivity contribution in [2.45, 2.75) is 57.4 Å². The first kappa shape index (κ1) is 20.5. The second kappa shape index (κ2) is 11.0. The highest BCUT2D eigenvalue weighted by molar-refractivity contribution is 7.85. The number of rotatable bonds is 8. The van der Waals surface area contributed by atoms with Crippen molar-refractivity contribution >= 4 is 22.7 Å². The Hall–Kier alpha value is -1.83. The molecule has 2 rings (SSSR count). The first-order valence-corrected chi connectivity index (χ1v) is 10.7. The molecule has 1 fully saturated rings. The zero-order chi connectivity index (χ0) is 18.8. The Bertz CT molecular complexity index is 604. The summed E-state index contributed by atoms with van der Waals surface area (Å²) in [5.74, 6) is 1.90. The van der Waals surface area contributed by atoms with Crippen molar-refractivity contribution in [2.75, 3.05) is 18.8 Å². The number of hydrogen-bond acceptors (Lipinski definition) is 4. The summed E-state index contributed by atoms with van der Waals surface area (Å²) in [5.41, 5.74) is 0. The van der Waals surface area contributed by atoms with E-state index < -0.39 is 10.8 Å².